The molecule has 10 aromatic carbocycles. The Balaban J connectivity index is 0.000000213. The average molecular weight is 1460 g/mol. The lowest BCUT2D eigenvalue weighted by Crippen LogP contribution is -1.97. The highest BCUT2D eigenvalue weighted by atomic mass is 35.5. The highest BCUT2D eigenvalue weighted by Crippen LogP contribution is 2.48. The number of hydrogen-bond acceptors (Lipinski definition) is 8. The molecule has 10 aromatic rings. The predicted molar refractivity (Wildman–Crippen MR) is 369 cm³/mol. The fourth-order valence-corrected chi connectivity index (χ4v) is 14.0. The molecule has 0 saturated heterocycles. The lowest BCUT2D eigenvalue weighted by atomic mass is 10.00. The first-order valence-electron chi connectivity index (χ1n) is 24.3. The number of benzene rings is 10. The summed E-state index contributed by atoms with van der Waals surface area (Å²) >= 11 is 66.2. The normalized spacial score (nSPS) is 10.7. The van der Waals surface area contributed by atoms with E-state index in [0.717, 1.165) is 65.1 Å². The maximum atomic E-state index is 15.3. The second kappa shape index (κ2) is 30.8. The van der Waals surface area contributed by atoms with Gasteiger partial charge in [0.1, 0.15) is 23.3 Å². The Morgan fingerprint density at radius 1 is 0.291 bits per heavy atom. The second-order valence-corrected chi connectivity index (χ2v) is 25.6. The number of rotatable bonds is 10. The highest BCUT2D eigenvalue weighted by Gasteiger charge is 2.24. The van der Waals surface area contributed by atoms with Crippen LogP contribution in [-0.4, -0.2) is 0 Å². The van der Waals surface area contributed by atoms with Crippen molar-refractivity contribution in [2.75, 3.05) is 28.7 Å². The van der Waals surface area contributed by atoms with Crippen molar-refractivity contribution in [1.82, 2.24) is 0 Å². The molecule has 0 unspecified atom stereocenters. The Morgan fingerprint density at radius 2 is 0.616 bits per heavy atom. The van der Waals surface area contributed by atoms with Gasteiger partial charge in [-0.3, -0.25) is 0 Å². The van der Waals surface area contributed by atoms with Gasteiger partial charge in [-0.05, 0) is 152 Å². The van der Waals surface area contributed by atoms with Gasteiger partial charge in [0, 0.05) is 101 Å². The maximum Gasteiger partial charge on any atom is 0.147 e. The maximum absolute atomic E-state index is 15.3. The zero-order valence-corrected chi connectivity index (χ0v) is 55.8. The van der Waals surface area contributed by atoms with Crippen molar-refractivity contribution in [2.45, 2.75) is 43.2 Å². The van der Waals surface area contributed by atoms with Crippen LogP contribution in [0.1, 0.15) is 11.1 Å². The van der Waals surface area contributed by atoms with Crippen molar-refractivity contribution in [3.8, 4) is 44.5 Å². The zero-order chi connectivity index (χ0) is 61.0. The number of nitrogens with two attached hydrogens (primary N) is 5. The first-order chi connectivity index (χ1) is 39.8. The molecule has 0 heterocycles. The van der Waals surface area contributed by atoms with Gasteiger partial charge in [0.15, 0.2) is 0 Å². The molecule has 86 heavy (non-hydrogen) atoms. The summed E-state index contributed by atoms with van der Waals surface area (Å²) in [5.74, 6) is -3.58. The second-order valence-electron chi connectivity index (χ2n) is 18.2. The Morgan fingerprint density at radius 3 is 0.988 bits per heavy atom. The molecule has 0 amide bonds. The third kappa shape index (κ3) is 16.4. The van der Waals surface area contributed by atoms with Gasteiger partial charge in [-0.15, -0.1) is 24.8 Å². The van der Waals surface area contributed by atoms with E-state index in [1.165, 1.54) is 60.3 Å². The Kier molecular flexibility index (Phi) is 25.2. The van der Waals surface area contributed by atoms with E-state index in [1.807, 2.05) is 68.4 Å². The first-order valence-corrected chi connectivity index (χ1v) is 30.5. The quantitative estimate of drug-likeness (QED) is 0.0676. The molecule has 10 N–H and O–H groups in total. The van der Waals surface area contributed by atoms with Gasteiger partial charge in [-0.2, -0.15) is 0 Å². The van der Waals surface area contributed by atoms with Crippen molar-refractivity contribution < 1.29 is 17.6 Å². The van der Waals surface area contributed by atoms with E-state index in [0.29, 0.717) is 80.4 Å². The van der Waals surface area contributed by atoms with Crippen molar-refractivity contribution >= 4 is 205 Å². The number of hydrogen-bond donors (Lipinski definition) is 5. The summed E-state index contributed by atoms with van der Waals surface area (Å²) < 4.78 is 59.8. The molecule has 0 saturated carbocycles. The van der Waals surface area contributed by atoms with Crippen molar-refractivity contribution in [3.63, 3.8) is 0 Å². The van der Waals surface area contributed by atoms with E-state index >= 15 is 8.78 Å². The van der Waals surface area contributed by atoms with Gasteiger partial charge < -0.3 is 28.7 Å². The summed E-state index contributed by atoms with van der Waals surface area (Å²) in [6.07, 6.45) is 0. The van der Waals surface area contributed by atoms with E-state index < -0.39 is 23.3 Å². The van der Waals surface area contributed by atoms with Gasteiger partial charge in [0.2, 0.25) is 0 Å². The molecular weight excluding hydrogens is 1410 g/mol. The van der Waals surface area contributed by atoms with E-state index in [4.69, 9.17) is 145 Å². The van der Waals surface area contributed by atoms with Crippen molar-refractivity contribution in [1.29, 1.82) is 0 Å². The summed E-state index contributed by atoms with van der Waals surface area (Å²) in [5.41, 5.74) is 36.0. The molecular formula is C62H43Cl12F4N5S3. The minimum absolute atomic E-state index is 0. The highest BCUT2D eigenvalue weighted by molar-refractivity contribution is 8.00. The Labute approximate surface area is 569 Å². The topological polar surface area (TPSA) is 130 Å². The summed E-state index contributed by atoms with van der Waals surface area (Å²) in [7, 11) is 0. The van der Waals surface area contributed by atoms with Gasteiger partial charge in [0.25, 0.3) is 0 Å². The fraction of sp³-hybridized carbons (Fsp3) is 0.0323. The lowest BCUT2D eigenvalue weighted by Gasteiger charge is -2.18. The van der Waals surface area contributed by atoms with Crippen LogP contribution in [0, 0.1) is 37.1 Å². The van der Waals surface area contributed by atoms with Crippen LogP contribution in [0.25, 0.3) is 44.5 Å². The average Bonchev–Trinajstić information content (AvgIpc) is 1.44. The summed E-state index contributed by atoms with van der Waals surface area (Å²) in [6.45, 7) is 4.08. The van der Waals surface area contributed by atoms with Crippen LogP contribution in [-0.2, 0) is 0 Å². The molecule has 5 nitrogen and oxygen atoms in total. The molecule has 0 fully saturated rings. The summed E-state index contributed by atoms with van der Waals surface area (Å²) in [5, 5.41) is 4.65. The molecule has 446 valence electrons. The monoisotopic (exact) mass is 1450 g/mol. The van der Waals surface area contributed by atoms with Gasteiger partial charge in [-0.25, -0.2) is 17.6 Å². The number of anilines is 5. The Hall–Kier alpha value is -4.55. The molecule has 0 aromatic heterocycles. The largest absolute Gasteiger partial charge is 0.399 e. The van der Waals surface area contributed by atoms with Crippen LogP contribution in [0.15, 0.2) is 181 Å². The molecule has 0 atom stereocenters. The number of nitrogen functional groups attached to an aromatic ring is 5. The smallest absolute Gasteiger partial charge is 0.147 e. The van der Waals surface area contributed by atoms with E-state index in [9.17, 15) is 8.78 Å². The molecule has 0 radical (unpaired) electrons. The van der Waals surface area contributed by atoms with Crippen LogP contribution in [0.2, 0.25) is 50.2 Å². The van der Waals surface area contributed by atoms with Crippen LogP contribution in [0.4, 0.5) is 46.0 Å². The van der Waals surface area contributed by atoms with Crippen LogP contribution in [0.5, 0.6) is 0 Å². The van der Waals surface area contributed by atoms with E-state index in [-0.39, 0.29) is 66.9 Å². The van der Waals surface area contributed by atoms with E-state index in [1.54, 1.807) is 48.2 Å². The number of halogens is 16. The minimum Gasteiger partial charge on any atom is -0.399 e. The fourth-order valence-electron chi connectivity index (χ4n) is 8.39. The van der Waals surface area contributed by atoms with Crippen LogP contribution in [0.3, 0.4) is 0 Å². The molecule has 0 aliphatic carbocycles. The summed E-state index contributed by atoms with van der Waals surface area (Å²) in [4.78, 5) is 3.59. The summed E-state index contributed by atoms with van der Waals surface area (Å²) in [6, 6.07) is 40.2. The van der Waals surface area contributed by atoms with Gasteiger partial charge in [-0.1, -0.05) is 176 Å². The molecule has 10 rings (SSSR count). The lowest BCUT2D eigenvalue weighted by molar-refractivity contribution is 0.568. The third-order valence-electron chi connectivity index (χ3n) is 12.5. The van der Waals surface area contributed by atoms with Gasteiger partial charge >= 0.3 is 0 Å². The van der Waals surface area contributed by atoms with Crippen LogP contribution >= 0.6 is 176 Å². The Bertz CT molecular complexity index is 3780. The van der Waals surface area contributed by atoms with Gasteiger partial charge in [0.05, 0.1) is 52.0 Å². The van der Waals surface area contributed by atoms with Crippen molar-refractivity contribution in [2.24, 2.45) is 0 Å². The standard InChI is InChI=1S/C26H20Cl4N2S.C24H14Cl2F4N2S.C12H7Cl4NS.2ClH/c1-13-23(9-7-19(27)25(13)17-5-3-15(31)11-21(17)29)33-24-10-8-20(28)26(14(24)2)18-6-4-16(32)12-22(18)30;25-15-9-11(31)1-3-13(15)21-17(27)5-7-19(23(21)29)33-20-8-6-18(28)22(24(20)30)14-4-2-12(32)10-16(14)26;13-6-1-2-11(8(15)3-6)18-12-5-7(14)10(17)4-9(12)16;;/h3-12H,31-32H2,1-2H3;1-10H,31-32H2;1-5H,17H2;2*1H. The molecule has 0 aliphatic rings. The zero-order valence-electron chi connectivity index (χ0n) is 44.2. The van der Waals surface area contributed by atoms with Crippen LogP contribution < -0.4 is 28.7 Å². The third-order valence-corrected chi connectivity index (χ3v) is 19.3. The first kappa shape index (κ1) is 70.5. The SMILES string of the molecule is Cc1c(Sc2ccc(Cl)c(-c3ccc(N)cc3Cl)c2C)ccc(Cl)c1-c1ccc(N)cc1Cl.Cl.Cl.Nc1cc(Cl)c(Sc2ccc(Cl)cc2Cl)cc1Cl.Nc1ccc(-c2c(F)ccc(Sc3ccc(F)c(-c4ccc(N)cc4Cl)c3F)c2F)c(Cl)c1. The predicted octanol–water partition coefficient (Wildman–Crippen LogP) is 24.6. The molecule has 0 bridgehead atoms. The van der Waals surface area contributed by atoms with E-state index in [2.05, 4.69) is 0 Å². The minimum atomic E-state index is -0.942. The molecule has 0 aliphatic heterocycles. The molecule has 24 heteroatoms. The molecule has 0 spiro atoms. The van der Waals surface area contributed by atoms with Crippen molar-refractivity contribution in [3.05, 3.63) is 236 Å².